The Morgan fingerprint density at radius 2 is 2.20 bits per heavy atom. The minimum Gasteiger partial charge on any atom is -0.301 e. The number of thiocarbonyl (C=S) groups is 1. The molecule has 0 radical (unpaired) electrons. The maximum absolute atomic E-state index is 11.4. The molecule has 0 atom stereocenters. The smallest absolute Gasteiger partial charge is 0.298 e. The molecule has 1 aromatic heterocycles. The van der Waals surface area contributed by atoms with E-state index in [1.54, 1.807) is 6.07 Å². The molecule has 1 amide bonds. The summed E-state index contributed by atoms with van der Waals surface area (Å²) in [6.45, 7) is 0. The Bertz CT molecular complexity index is 393. The highest BCUT2D eigenvalue weighted by atomic mass is 32.1. The normalized spacial score (nSPS) is 9.13. The van der Waals surface area contributed by atoms with Gasteiger partial charge in [0.05, 0.1) is 0 Å². The molecule has 0 spiro atoms. The first-order chi connectivity index (χ1) is 7.15. The molecule has 1 rings (SSSR count). The summed E-state index contributed by atoms with van der Waals surface area (Å²) in [4.78, 5) is 26.4. The highest BCUT2D eigenvalue weighted by Crippen LogP contribution is 1.96. The molecule has 0 bridgehead atoms. The number of ketones is 1. The van der Waals surface area contributed by atoms with Crippen LogP contribution < -0.4 is 16.6 Å². The number of hydrazine groups is 1. The van der Waals surface area contributed by atoms with Gasteiger partial charge >= 0.3 is 0 Å². The number of carbonyl (C=O) groups is 2. The lowest BCUT2D eigenvalue weighted by atomic mass is 10.2. The monoisotopic (exact) mass is 224 g/mol. The van der Waals surface area contributed by atoms with Crippen molar-refractivity contribution in [2.45, 2.75) is 0 Å². The van der Waals surface area contributed by atoms with E-state index < -0.39 is 11.7 Å². The van der Waals surface area contributed by atoms with E-state index in [1.165, 1.54) is 18.5 Å². The van der Waals surface area contributed by atoms with E-state index in [4.69, 9.17) is 5.84 Å². The van der Waals surface area contributed by atoms with Gasteiger partial charge in [0.15, 0.2) is 5.11 Å². The number of Topliss-reactive ketones (excluding diaryl/α,β-unsaturated/α-hetero) is 1. The van der Waals surface area contributed by atoms with E-state index in [2.05, 4.69) is 22.5 Å². The highest BCUT2D eigenvalue weighted by molar-refractivity contribution is 7.80. The summed E-state index contributed by atoms with van der Waals surface area (Å²) in [6, 6.07) is 3.04. The first-order valence-electron chi connectivity index (χ1n) is 3.91. The molecule has 0 saturated carbocycles. The number of nitrogens with one attached hydrogen (secondary N) is 2. The van der Waals surface area contributed by atoms with E-state index in [1.807, 2.05) is 5.43 Å². The Morgan fingerprint density at radius 1 is 1.47 bits per heavy atom. The molecule has 0 aliphatic carbocycles. The lowest BCUT2D eigenvalue weighted by Crippen LogP contribution is -2.45. The van der Waals surface area contributed by atoms with Gasteiger partial charge in [-0.3, -0.25) is 19.9 Å². The molecule has 6 nitrogen and oxygen atoms in total. The minimum atomic E-state index is -0.856. The van der Waals surface area contributed by atoms with Crippen LogP contribution in [0.2, 0.25) is 0 Å². The van der Waals surface area contributed by atoms with Crippen molar-refractivity contribution in [1.82, 2.24) is 15.7 Å². The number of nitrogens with two attached hydrogens (primary N) is 1. The van der Waals surface area contributed by atoms with Crippen molar-refractivity contribution >= 4 is 29.0 Å². The average molecular weight is 224 g/mol. The number of hydrogen-bond acceptors (Lipinski definition) is 5. The van der Waals surface area contributed by atoms with Gasteiger partial charge in [-0.15, -0.1) is 0 Å². The van der Waals surface area contributed by atoms with Gasteiger partial charge in [0, 0.05) is 18.0 Å². The number of carbonyl (C=O) groups excluding carboxylic acids is 2. The maximum atomic E-state index is 11.4. The molecule has 0 saturated heterocycles. The standard InChI is InChI=1S/C8H8N4O2S/c9-12-8(15)11-7(14)6(13)5-2-1-3-10-4-5/h1-4H,9H2,(H2,11,12,14,15). The predicted molar refractivity (Wildman–Crippen MR) is 56.6 cm³/mol. The SMILES string of the molecule is NNC(=S)NC(=O)C(=O)c1cccnc1. The second kappa shape index (κ2) is 5.13. The van der Waals surface area contributed by atoms with Crippen LogP contribution in [0.4, 0.5) is 0 Å². The summed E-state index contributed by atoms with van der Waals surface area (Å²) < 4.78 is 0. The molecule has 0 aliphatic rings. The van der Waals surface area contributed by atoms with Crippen LogP contribution in [0.15, 0.2) is 24.5 Å². The van der Waals surface area contributed by atoms with Crippen molar-refractivity contribution in [3.8, 4) is 0 Å². The third kappa shape index (κ3) is 3.08. The molecule has 1 aromatic rings. The summed E-state index contributed by atoms with van der Waals surface area (Å²) in [7, 11) is 0. The zero-order chi connectivity index (χ0) is 11.3. The molecule has 0 unspecified atom stereocenters. The molecular weight excluding hydrogens is 216 g/mol. The number of rotatable bonds is 2. The van der Waals surface area contributed by atoms with Crippen molar-refractivity contribution in [2.24, 2.45) is 5.84 Å². The maximum Gasteiger partial charge on any atom is 0.298 e. The summed E-state index contributed by atoms with van der Waals surface area (Å²) in [5.74, 6) is 3.35. The first kappa shape index (κ1) is 11.2. The van der Waals surface area contributed by atoms with Crippen LogP contribution in [0.1, 0.15) is 10.4 Å². The first-order valence-corrected chi connectivity index (χ1v) is 4.32. The van der Waals surface area contributed by atoms with Crippen molar-refractivity contribution < 1.29 is 9.59 Å². The van der Waals surface area contributed by atoms with Crippen molar-refractivity contribution in [2.75, 3.05) is 0 Å². The predicted octanol–water partition coefficient (Wildman–Crippen LogP) is -0.871. The van der Waals surface area contributed by atoms with Crippen LogP contribution in [-0.4, -0.2) is 21.8 Å². The Morgan fingerprint density at radius 3 is 2.73 bits per heavy atom. The second-order valence-electron chi connectivity index (χ2n) is 2.50. The summed E-state index contributed by atoms with van der Waals surface area (Å²) in [5.41, 5.74) is 2.22. The van der Waals surface area contributed by atoms with Crippen LogP contribution >= 0.6 is 12.2 Å². The number of amides is 1. The van der Waals surface area contributed by atoms with Gasteiger partial charge in [-0.2, -0.15) is 0 Å². The van der Waals surface area contributed by atoms with Gasteiger partial charge in [-0.25, -0.2) is 5.84 Å². The number of aromatic nitrogens is 1. The molecule has 15 heavy (non-hydrogen) atoms. The fraction of sp³-hybridized carbons (Fsp3) is 0. The molecule has 78 valence electrons. The fourth-order valence-corrected chi connectivity index (χ4v) is 0.917. The van der Waals surface area contributed by atoms with Gasteiger partial charge in [-0.05, 0) is 24.4 Å². The van der Waals surface area contributed by atoms with Crippen LogP contribution in [-0.2, 0) is 4.79 Å². The average Bonchev–Trinajstić information content (AvgIpc) is 2.29. The van der Waals surface area contributed by atoms with Crippen LogP contribution in [0.5, 0.6) is 0 Å². The minimum absolute atomic E-state index is 0.114. The van der Waals surface area contributed by atoms with Gasteiger partial charge in [0.2, 0.25) is 0 Å². The Balaban J connectivity index is 2.70. The van der Waals surface area contributed by atoms with Crippen LogP contribution in [0.25, 0.3) is 0 Å². The molecule has 0 aliphatic heterocycles. The Kier molecular flexibility index (Phi) is 3.83. The van der Waals surface area contributed by atoms with Crippen LogP contribution in [0, 0.1) is 0 Å². The number of hydrogen-bond donors (Lipinski definition) is 3. The van der Waals surface area contributed by atoms with Crippen molar-refractivity contribution in [3.05, 3.63) is 30.1 Å². The van der Waals surface area contributed by atoms with E-state index in [9.17, 15) is 9.59 Å². The molecule has 7 heteroatoms. The third-order valence-corrected chi connectivity index (χ3v) is 1.71. The topological polar surface area (TPSA) is 97.1 Å². The quantitative estimate of drug-likeness (QED) is 0.199. The summed E-state index contributed by atoms with van der Waals surface area (Å²) in [5, 5.41) is 1.99. The zero-order valence-electron chi connectivity index (χ0n) is 7.56. The highest BCUT2D eigenvalue weighted by Gasteiger charge is 2.16. The number of pyridine rings is 1. The van der Waals surface area contributed by atoms with Gasteiger partial charge in [0.1, 0.15) is 0 Å². The summed E-state index contributed by atoms with van der Waals surface area (Å²) >= 11 is 4.56. The van der Waals surface area contributed by atoms with E-state index in [0.717, 1.165) is 0 Å². The molecule has 1 heterocycles. The molecule has 4 N–H and O–H groups in total. The largest absolute Gasteiger partial charge is 0.301 e. The molecule has 0 fully saturated rings. The second-order valence-corrected chi connectivity index (χ2v) is 2.91. The van der Waals surface area contributed by atoms with E-state index in [-0.39, 0.29) is 10.7 Å². The Labute approximate surface area is 90.8 Å². The van der Waals surface area contributed by atoms with Gasteiger partial charge in [0.25, 0.3) is 11.7 Å². The molecule has 0 aromatic carbocycles. The van der Waals surface area contributed by atoms with Crippen molar-refractivity contribution in [1.29, 1.82) is 0 Å². The zero-order valence-corrected chi connectivity index (χ0v) is 8.38. The van der Waals surface area contributed by atoms with Gasteiger partial charge in [-0.1, -0.05) is 0 Å². The van der Waals surface area contributed by atoms with E-state index in [0.29, 0.717) is 0 Å². The fourth-order valence-electron chi connectivity index (χ4n) is 0.824. The lowest BCUT2D eigenvalue weighted by Gasteiger charge is -2.03. The summed E-state index contributed by atoms with van der Waals surface area (Å²) in [6.07, 6.45) is 2.79. The molecular formula is C8H8N4O2S. The van der Waals surface area contributed by atoms with E-state index >= 15 is 0 Å². The third-order valence-electron chi connectivity index (χ3n) is 1.49. The van der Waals surface area contributed by atoms with Gasteiger partial charge < -0.3 is 5.43 Å². The Hall–Kier alpha value is -1.86. The van der Waals surface area contributed by atoms with Crippen LogP contribution in [0.3, 0.4) is 0 Å². The lowest BCUT2D eigenvalue weighted by molar-refractivity contribution is -0.115. The number of nitrogens with zero attached hydrogens (tertiary/aromatic N) is 1. The van der Waals surface area contributed by atoms with Crippen molar-refractivity contribution in [3.63, 3.8) is 0 Å².